The minimum absolute atomic E-state index is 0.202. The highest BCUT2D eigenvalue weighted by Gasteiger charge is 2.38. The predicted octanol–water partition coefficient (Wildman–Crippen LogP) is 3.43. The molecule has 0 bridgehead atoms. The van der Waals surface area contributed by atoms with Crippen LogP contribution < -0.4 is 5.32 Å². The molecule has 0 unspecified atom stereocenters. The maximum atomic E-state index is 12.4. The molecule has 1 saturated carbocycles. The van der Waals surface area contributed by atoms with E-state index in [9.17, 15) is 18.0 Å². The maximum absolute atomic E-state index is 12.4. The average Bonchev–Trinajstić information content (AvgIpc) is 3.46. The molecule has 1 aliphatic heterocycles. The number of hydrogen-bond donors (Lipinski definition) is 2. The van der Waals surface area contributed by atoms with E-state index in [0.717, 1.165) is 49.6 Å². The lowest BCUT2D eigenvalue weighted by atomic mass is 9.89. The molecule has 2 fully saturated rings. The number of alkyl halides is 3. The first kappa shape index (κ1) is 21.4. The molecule has 0 spiro atoms. The summed E-state index contributed by atoms with van der Waals surface area (Å²) in [6.07, 6.45) is -0.510. The van der Waals surface area contributed by atoms with Crippen LogP contribution in [0, 0.1) is 11.8 Å². The lowest BCUT2D eigenvalue weighted by Gasteiger charge is -2.21. The summed E-state index contributed by atoms with van der Waals surface area (Å²) in [5.41, 5.74) is 2.01. The Morgan fingerprint density at radius 1 is 1.07 bits per heavy atom. The summed E-state index contributed by atoms with van der Waals surface area (Å²) in [6, 6.07) is 7.97. The highest BCUT2D eigenvalue weighted by molar-refractivity contribution is 5.97. The molecule has 2 N–H and O–H groups in total. The minimum Gasteiger partial charge on any atom is -0.475 e. The largest absolute Gasteiger partial charge is 0.490 e. The Bertz CT molecular complexity index is 621. The van der Waals surface area contributed by atoms with Crippen molar-refractivity contribution in [3.05, 3.63) is 35.4 Å². The number of nitrogens with one attached hydrogen (secondary N) is 1. The van der Waals surface area contributed by atoms with Crippen LogP contribution >= 0.6 is 0 Å². The van der Waals surface area contributed by atoms with Gasteiger partial charge in [-0.25, -0.2) is 4.79 Å². The summed E-state index contributed by atoms with van der Waals surface area (Å²) in [5.74, 6) is -1.45. The number of Topliss-reactive ketones (excluding diaryl/α,β-unsaturated/α-hetero) is 1. The Morgan fingerprint density at radius 3 is 2.11 bits per heavy atom. The zero-order valence-electron chi connectivity index (χ0n) is 14.9. The van der Waals surface area contributed by atoms with E-state index in [0.29, 0.717) is 12.4 Å². The van der Waals surface area contributed by atoms with Crippen molar-refractivity contribution in [1.29, 1.82) is 0 Å². The van der Waals surface area contributed by atoms with Gasteiger partial charge in [-0.15, -0.1) is 0 Å². The van der Waals surface area contributed by atoms with Crippen molar-refractivity contribution < 1.29 is 32.6 Å². The number of aliphatic carboxylic acids is 1. The van der Waals surface area contributed by atoms with E-state index < -0.39 is 12.1 Å². The Labute approximate surface area is 155 Å². The van der Waals surface area contributed by atoms with Gasteiger partial charge in [0.05, 0.1) is 6.61 Å². The molecule has 1 aromatic rings. The van der Waals surface area contributed by atoms with E-state index in [1.54, 1.807) is 0 Å². The number of ether oxygens (including phenoxy) is 1. The van der Waals surface area contributed by atoms with Crippen molar-refractivity contribution in [3.63, 3.8) is 0 Å². The van der Waals surface area contributed by atoms with Crippen LogP contribution in [0.5, 0.6) is 0 Å². The molecule has 150 valence electrons. The number of carbonyl (C=O) groups excluding carboxylic acids is 1. The zero-order chi connectivity index (χ0) is 19.9. The second kappa shape index (κ2) is 9.85. The van der Waals surface area contributed by atoms with E-state index >= 15 is 0 Å². The molecule has 1 heterocycles. The third kappa shape index (κ3) is 7.68. The van der Waals surface area contributed by atoms with Gasteiger partial charge in [-0.2, -0.15) is 13.2 Å². The number of piperidine rings is 1. The number of carbonyl (C=O) groups is 2. The van der Waals surface area contributed by atoms with Gasteiger partial charge in [0.1, 0.15) is 0 Å². The van der Waals surface area contributed by atoms with Gasteiger partial charge in [0.15, 0.2) is 5.78 Å². The second-order valence-corrected chi connectivity index (χ2v) is 6.85. The Morgan fingerprint density at radius 2 is 1.63 bits per heavy atom. The molecule has 0 radical (unpaired) electrons. The number of carboxylic acid groups (broad SMARTS) is 1. The smallest absolute Gasteiger partial charge is 0.475 e. The fourth-order valence-corrected chi connectivity index (χ4v) is 2.71. The van der Waals surface area contributed by atoms with Crippen molar-refractivity contribution in [2.24, 2.45) is 11.8 Å². The SMILES string of the molecule is O=C(O)C(F)(F)F.O=C(c1ccc(COCC2CC2)cc1)C1CCNCC1. The molecule has 27 heavy (non-hydrogen) atoms. The molecular formula is C19H24F3NO4. The van der Waals surface area contributed by atoms with Crippen LogP contribution in [0.4, 0.5) is 13.2 Å². The fraction of sp³-hybridized carbons (Fsp3) is 0.579. The first-order valence-electron chi connectivity index (χ1n) is 8.99. The van der Waals surface area contributed by atoms with Crippen molar-refractivity contribution in [2.45, 2.75) is 38.5 Å². The van der Waals surface area contributed by atoms with E-state index in [1.165, 1.54) is 12.8 Å². The highest BCUT2D eigenvalue weighted by atomic mass is 19.4. The molecular weight excluding hydrogens is 363 g/mol. The van der Waals surface area contributed by atoms with Gasteiger partial charge in [-0.1, -0.05) is 24.3 Å². The average molecular weight is 387 g/mol. The Hall–Kier alpha value is -1.93. The minimum atomic E-state index is -5.08. The number of ketones is 1. The third-order valence-corrected chi connectivity index (χ3v) is 4.51. The van der Waals surface area contributed by atoms with Gasteiger partial charge in [0.25, 0.3) is 0 Å². The van der Waals surface area contributed by atoms with Gasteiger partial charge < -0.3 is 15.2 Å². The van der Waals surface area contributed by atoms with Crippen molar-refractivity contribution >= 4 is 11.8 Å². The van der Waals surface area contributed by atoms with Crippen LogP contribution in [0.15, 0.2) is 24.3 Å². The summed E-state index contributed by atoms with van der Waals surface area (Å²) in [6.45, 7) is 3.47. The summed E-state index contributed by atoms with van der Waals surface area (Å²) in [7, 11) is 0. The van der Waals surface area contributed by atoms with Crippen LogP contribution in [0.3, 0.4) is 0 Å². The monoisotopic (exact) mass is 387 g/mol. The number of halogens is 3. The van der Waals surface area contributed by atoms with E-state index in [1.807, 2.05) is 24.3 Å². The van der Waals surface area contributed by atoms with Gasteiger partial charge in [0, 0.05) is 18.1 Å². The fourth-order valence-electron chi connectivity index (χ4n) is 2.71. The van der Waals surface area contributed by atoms with Crippen LogP contribution in [-0.2, 0) is 16.1 Å². The van der Waals surface area contributed by atoms with E-state index in [4.69, 9.17) is 14.6 Å². The molecule has 1 aromatic carbocycles. The number of hydrogen-bond acceptors (Lipinski definition) is 4. The summed E-state index contributed by atoms with van der Waals surface area (Å²) < 4.78 is 37.4. The molecule has 0 atom stereocenters. The van der Waals surface area contributed by atoms with Crippen LogP contribution in [0.1, 0.15) is 41.6 Å². The van der Waals surface area contributed by atoms with Crippen LogP contribution in [-0.4, -0.2) is 42.7 Å². The molecule has 5 nitrogen and oxygen atoms in total. The number of benzene rings is 1. The summed E-state index contributed by atoms with van der Waals surface area (Å²) >= 11 is 0. The lowest BCUT2D eigenvalue weighted by Crippen LogP contribution is -2.31. The summed E-state index contributed by atoms with van der Waals surface area (Å²) in [5, 5.41) is 10.4. The normalized spacial score (nSPS) is 17.7. The Balaban J connectivity index is 0.000000321. The number of rotatable bonds is 6. The van der Waals surface area contributed by atoms with Crippen LogP contribution in [0.2, 0.25) is 0 Å². The van der Waals surface area contributed by atoms with Crippen molar-refractivity contribution in [1.82, 2.24) is 5.32 Å². The van der Waals surface area contributed by atoms with Crippen molar-refractivity contribution in [3.8, 4) is 0 Å². The van der Waals surface area contributed by atoms with Gasteiger partial charge in [-0.05, 0) is 50.3 Å². The molecule has 3 rings (SSSR count). The molecule has 2 aliphatic rings. The highest BCUT2D eigenvalue weighted by Crippen LogP contribution is 2.29. The molecule has 1 saturated heterocycles. The van der Waals surface area contributed by atoms with Gasteiger partial charge in [0.2, 0.25) is 0 Å². The first-order chi connectivity index (χ1) is 12.8. The standard InChI is InChI=1S/C17H23NO2.C2HF3O2/c19-17(16-7-9-18-10-8-16)15-5-3-14(4-6-15)12-20-11-13-1-2-13;3-2(4,5)1(6)7/h3-6,13,16,18H,1-2,7-12H2;(H,6,7). The van der Waals surface area contributed by atoms with E-state index in [-0.39, 0.29) is 5.92 Å². The zero-order valence-corrected chi connectivity index (χ0v) is 14.9. The molecule has 8 heteroatoms. The first-order valence-corrected chi connectivity index (χ1v) is 8.99. The van der Waals surface area contributed by atoms with Gasteiger partial charge >= 0.3 is 12.1 Å². The van der Waals surface area contributed by atoms with E-state index in [2.05, 4.69) is 5.32 Å². The second-order valence-electron chi connectivity index (χ2n) is 6.85. The summed E-state index contributed by atoms with van der Waals surface area (Å²) in [4.78, 5) is 21.3. The van der Waals surface area contributed by atoms with Gasteiger partial charge in [-0.3, -0.25) is 4.79 Å². The molecule has 0 amide bonds. The Kier molecular flexibility index (Phi) is 7.79. The topological polar surface area (TPSA) is 75.6 Å². The maximum Gasteiger partial charge on any atom is 0.490 e. The predicted molar refractivity (Wildman–Crippen MR) is 92.4 cm³/mol. The van der Waals surface area contributed by atoms with Crippen molar-refractivity contribution in [2.75, 3.05) is 19.7 Å². The molecule has 1 aliphatic carbocycles. The quantitative estimate of drug-likeness (QED) is 0.732. The van der Waals surface area contributed by atoms with Crippen LogP contribution in [0.25, 0.3) is 0 Å². The number of carboxylic acids is 1. The molecule has 0 aromatic heterocycles. The lowest BCUT2D eigenvalue weighted by molar-refractivity contribution is -0.192. The third-order valence-electron chi connectivity index (χ3n) is 4.51.